The van der Waals surface area contributed by atoms with Crippen LogP contribution in [0.4, 0.5) is 18.9 Å². The molecule has 0 atom stereocenters. The first kappa shape index (κ1) is 11.9. The average Bonchev–Trinajstić information content (AvgIpc) is 2.16. The predicted molar refractivity (Wildman–Crippen MR) is 53.8 cm³/mol. The summed E-state index contributed by atoms with van der Waals surface area (Å²) in [4.78, 5) is 10.6. The third-order valence-electron chi connectivity index (χ3n) is 1.62. The van der Waals surface area contributed by atoms with Crippen LogP contribution in [0.2, 0.25) is 0 Å². The van der Waals surface area contributed by atoms with E-state index in [0.717, 1.165) is 5.56 Å². The molecule has 0 saturated carbocycles. The minimum atomic E-state index is -4.86. The Balaban J connectivity index is 2.77. The molecule has 0 fully saturated rings. The van der Waals surface area contributed by atoms with E-state index < -0.39 is 12.1 Å². The maximum atomic E-state index is 11.9. The van der Waals surface area contributed by atoms with Gasteiger partial charge in [-0.25, -0.2) is 0 Å². The van der Waals surface area contributed by atoms with E-state index in [1.807, 2.05) is 0 Å². The van der Waals surface area contributed by atoms with Crippen molar-refractivity contribution in [2.24, 2.45) is 0 Å². The number of hydrogen-bond acceptors (Lipinski definition) is 2. The number of anilines is 1. The first-order chi connectivity index (χ1) is 6.93. The number of carbonyl (C=O) groups is 1. The maximum absolute atomic E-state index is 11.9. The molecule has 6 heteroatoms. The van der Waals surface area contributed by atoms with Gasteiger partial charge < -0.3 is 5.32 Å². The number of amides is 1. The van der Waals surface area contributed by atoms with E-state index in [-0.39, 0.29) is 5.69 Å². The summed E-state index contributed by atoms with van der Waals surface area (Å²) in [6, 6.07) is 6.08. The summed E-state index contributed by atoms with van der Waals surface area (Å²) >= 11 is 3.97. The normalized spacial score (nSPS) is 11.2. The van der Waals surface area contributed by atoms with Crippen LogP contribution >= 0.6 is 12.6 Å². The summed E-state index contributed by atoms with van der Waals surface area (Å²) in [5, 5.41) is 1.76. The van der Waals surface area contributed by atoms with E-state index in [1.54, 1.807) is 17.4 Å². The van der Waals surface area contributed by atoms with Gasteiger partial charge in [0, 0.05) is 11.4 Å². The summed E-state index contributed by atoms with van der Waals surface area (Å²) in [6.45, 7) is 0. The molecule has 82 valence electrons. The predicted octanol–water partition coefficient (Wildman–Crippen LogP) is 2.62. The number of rotatable bonds is 2. The fraction of sp³-hybridized carbons (Fsp3) is 0.222. The van der Waals surface area contributed by atoms with Gasteiger partial charge >= 0.3 is 12.1 Å². The molecular formula is C9H8F3NOS. The van der Waals surface area contributed by atoms with Crippen molar-refractivity contribution >= 4 is 24.2 Å². The zero-order valence-corrected chi connectivity index (χ0v) is 8.40. The number of thiol groups is 1. The lowest BCUT2D eigenvalue weighted by Gasteiger charge is -2.08. The van der Waals surface area contributed by atoms with E-state index in [2.05, 4.69) is 12.6 Å². The minimum Gasteiger partial charge on any atom is -0.318 e. The monoisotopic (exact) mass is 235 g/mol. The minimum absolute atomic E-state index is 0.115. The molecule has 0 heterocycles. The fourth-order valence-electron chi connectivity index (χ4n) is 0.949. The third-order valence-corrected chi connectivity index (χ3v) is 1.99. The van der Waals surface area contributed by atoms with Crippen molar-refractivity contribution in [2.45, 2.75) is 11.9 Å². The lowest BCUT2D eigenvalue weighted by molar-refractivity contribution is -0.167. The molecule has 0 aromatic heterocycles. The number of carbonyl (C=O) groups excluding carboxylic acids is 1. The maximum Gasteiger partial charge on any atom is 0.471 e. The van der Waals surface area contributed by atoms with Crippen molar-refractivity contribution < 1.29 is 18.0 Å². The van der Waals surface area contributed by atoms with Gasteiger partial charge in [0.25, 0.3) is 0 Å². The molecule has 1 N–H and O–H groups in total. The number of halogens is 3. The summed E-state index contributed by atoms with van der Waals surface area (Å²) in [6.07, 6.45) is -4.86. The van der Waals surface area contributed by atoms with Crippen molar-refractivity contribution in [3.8, 4) is 0 Å². The Kier molecular flexibility index (Phi) is 3.62. The van der Waals surface area contributed by atoms with E-state index in [1.165, 1.54) is 12.1 Å². The van der Waals surface area contributed by atoms with Gasteiger partial charge in [0.2, 0.25) is 0 Å². The molecule has 1 amide bonds. The molecule has 2 nitrogen and oxygen atoms in total. The Morgan fingerprint density at radius 1 is 1.40 bits per heavy atom. The fourth-order valence-corrected chi connectivity index (χ4v) is 1.15. The van der Waals surface area contributed by atoms with Gasteiger partial charge in [-0.05, 0) is 17.7 Å². The van der Waals surface area contributed by atoms with E-state index in [9.17, 15) is 18.0 Å². The second-order valence-electron chi connectivity index (χ2n) is 2.81. The number of nitrogens with one attached hydrogen (secondary N) is 1. The van der Waals surface area contributed by atoms with Crippen LogP contribution in [0.15, 0.2) is 24.3 Å². The van der Waals surface area contributed by atoms with Gasteiger partial charge in [-0.15, -0.1) is 0 Å². The summed E-state index contributed by atoms with van der Waals surface area (Å²) in [7, 11) is 0. The van der Waals surface area contributed by atoms with Crippen LogP contribution in [-0.2, 0) is 10.5 Å². The molecule has 0 aliphatic heterocycles. The second kappa shape index (κ2) is 4.57. The van der Waals surface area contributed by atoms with E-state index in [0.29, 0.717) is 5.75 Å². The Labute approximate surface area is 89.9 Å². The molecule has 0 radical (unpaired) electrons. The van der Waals surface area contributed by atoms with Gasteiger partial charge in [0.1, 0.15) is 0 Å². The lowest BCUT2D eigenvalue weighted by atomic mass is 10.2. The van der Waals surface area contributed by atoms with Crippen LogP contribution in [0.5, 0.6) is 0 Å². The molecule has 0 spiro atoms. The van der Waals surface area contributed by atoms with Crippen molar-refractivity contribution in [3.05, 3.63) is 29.8 Å². The highest BCUT2D eigenvalue weighted by molar-refractivity contribution is 7.79. The Morgan fingerprint density at radius 3 is 2.60 bits per heavy atom. The molecule has 0 saturated heterocycles. The number of benzene rings is 1. The Hall–Kier alpha value is -1.17. The molecule has 0 aliphatic carbocycles. The smallest absolute Gasteiger partial charge is 0.318 e. The van der Waals surface area contributed by atoms with Gasteiger partial charge in [-0.3, -0.25) is 4.79 Å². The lowest BCUT2D eigenvalue weighted by Crippen LogP contribution is -2.29. The van der Waals surface area contributed by atoms with Crippen molar-refractivity contribution in [1.82, 2.24) is 0 Å². The standard InChI is InChI=1S/C9H8F3NOS/c10-9(11,12)8(14)13-7-3-1-2-6(4-7)5-15/h1-4,15H,5H2,(H,13,14). The molecule has 0 bridgehead atoms. The van der Waals surface area contributed by atoms with Crippen LogP contribution in [0.25, 0.3) is 0 Å². The molecule has 0 aliphatic rings. The average molecular weight is 235 g/mol. The van der Waals surface area contributed by atoms with E-state index >= 15 is 0 Å². The summed E-state index contributed by atoms with van der Waals surface area (Å²) in [5.41, 5.74) is 0.849. The molecule has 15 heavy (non-hydrogen) atoms. The largest absolute Gasteiger partial charge is 0.471 e. The van der Waals surface area contributed by atoms with Gasteiger partial charge in [-0.1, -0.05) is 12.1 Å². The highest BCUT2D eigenvalue weighted by atomic mass is 32.1. The zero-order valence-electron chi connectivity index (χ0n) is 7.51. The molecule has 0 unspecified atom stereocenters. The summed E-state index contributed by atoms with van der Waals surface area (Å²) in [5.74, 6) is -1.57. The van der Waals surface area contributed by atoms with Crippen molar-refractivity contribution in [1.29, 1.82) is 0 Å². The first-order valence-corrected chi connectivity index (χ1v) is 4.64. The quantitative estimate of drug-likeness (QED) is 0.758. The molecule has 1 aromatic carbocycles. The molecule has 1 rings (SSSR count). The van der Waals surface area contributed by atoms with Crippen LogP contribution < -0.4 is 5.32 Å². The zero-order chi connectivity index (χ0) is 11.5. The molecule has 1 aromatic rings. The Morgan fingerprint density at radius 2 is 2.07 bits per heavy atom. The highest BCUT2D eigenvalue weighted by Crippen LogP contribution is 2.19. The highest BCUT2D eigenvalue weighted by Gasteiger charge is 2.38. The van der Waals surface area contributed by atoms with Crippen LogP contribution in [0.3, 0.4) is 0 Å². The van der Waals surface area contributed by atoms with Crippen LogP contribution in [-0.4, -0.2) is 12.1 Å². The topological polar surface area (TPSA) is 29.1 Å². The SMILES string of the molecule is O=C(Nc1cccc(CS)c1)C(F)(F)F. The number of hydrogen-bond donors (Lipinski definition) is 2. The summed E-state index contributed by atoms with van der Waals surface area (Å²) < 4.78 is 35.7. The third kappa shape index (κ3) is 3.47. The first-order valence-electron chi connectivity index (χ1n) is 4.01. The molecular weight excluding hydrogens is 227 g/mol. The number of alkyl halides is 3. The van der Waals surface area contributed by atoms with Gasteiger partial charge in [0.05, 0.1) is 0 Å². The second-order valence-corrected chi connectivity index (χ2v) is 3.13. The Bertz CT molecular complexity index is 365. The van der Waals surface area contributed by atoms with Gasteiger partial charge in [0.15, 0.2) is 0 Å². The van der Waals surface area contributed by atoms with Crippen molar-refractivity contribution in [3.63, 3.8) is 0 Å². The van der Waals surface area contributed by atoms with Crippen molar-refractivity contribution in [2.75, 3.05) is 5.32 Å². The van der Waals surface area contributed by atoms with Crippen LogP contribution in [0, 0.1) is 0 Å². The van der Waals surface area contributed by atoms with Gasteiger partial charge in [-0.2, -0.15) is 25.8 Å². The van der Waals surface area contributed by atoms with Crippen LogP contribution in [0.1, 0.15) is 5.56 Å². The van der Waals surface area contributed by atoms with E-state index in [4.69, 9.17) is 0 Å².